The van der Waals surface area contributed by atoms with Crippen LogP contribution in [0.25, 0.3) is 0 Å². The fraction of sp³-hybridized carbons (Fsp3) is 0.560. The minimum Gasteiger partial charge on any atom is -0.356 e. The third-order valence-corrected chi connectivity index (χ3v) is 7.21. The summed E-state index contributed by atoms with van der Waals surface area (Å²) in [4.78, 5) is 29.1. The second-order valence-electron chi connectivity index (χ2n) is 9.56. The van der Waals surface area contributed by atoms with Crippen LogP contribution >= 0.6 is 0 Å². The van der Waals surface area contributed by atoms with Crippen LogP contribution in [0.4, 0.5) is 20.5 Å². The molecule has 4 heterocycles. The van der Waals surface area contributed by atoms with Gasteiger partial charge in [-0.1, -0.05) is 13.0 Å². The van der Waals surface area contributed by atoms with E-state index < -0.39 is 23.1 Å². The van der Waals surface area contributed by atoms with Gasteiger partial charge in [-0.25, -0.2) is 13.8 Å². The average molecular weight is 456 g/mol. The lowest BCUT2D eigenvalue weighted by molar-refractivity contribution is 0.0723. The Morgan fingerprint density at radius 3 is 2.33 bits per heavy atom. The van der Waals surface area contributed by atoms with Crippen LogP contribution in [-0.4, -0.2) is 53.5 Å². The minimum atomic E-state index is -0.826. The Balaban J connectivity index is 1.48. The largest absolute Gasteiger partial charge is 0.356 e. The molecule has 2 aromatic rings. The first-order valence-electron chi connectivity index (χ1n) is 12.1. The van der Waals surface area contributed by atoms with Gasteiger partial charge in [0.25, 0.3) is 5.91 Å². The van der Waals surface area contributed by atoms with Crippen LogP contribution in [0.5, 0.6) is 0 Å². The highest BCUT2D eigenvalue weighted by Crippen LogP contribution is 2.32. The highest BCUT2D eigenvalue weighted by atomic mass is 19.1. The monoisotopic (exact) mass is 455 g/mol. The van der Waals surface area contributed by atoms with E-state index in [9.17, 15) is 13.6 Å². The maximum atomic E-state index is 14.3. The first-order chi connectivity index (χ1) is 16.0. The molecule has 3 aliphatic heterocycles. The summed E-state index contributed by atoms with van der Waals surface area (Å²) in [5, 5.41) is 0. The fourth-order valence-electron chi connectivity index (χ4n) is 5.13. The molecular weight excluding hydrogens is 424 g/mol. The Hall–Kier alpha value is -2.77. The molecule has 1 aromatic heterocycles. The number of hydrogen-bond donors (Lipinski definition) is 0. The topological polar surface area (TPSA) is 52.6 Å². The molecular formula is C25H31F2N5O. The van der Waals surface area contributed by atoms with E-state index in [2.05, 4.69) is 16.7 Å². The van der Waals surface area contributed by atoms with Crippen molar-refractivity contribution in [3.63, 3.8) is 0 Å². The number of carbonyl (C=O) groups excluding carboxylic acids is 1. The number of halogens is 2. The Bertz CT molecular complexity index is 1010. The molecule has 33 heavy (non-hydrogen) atoms. The Morgan fingerprint density at radius 1 is 0.939 bits per heavy atom. The van der Waals surface area contributed by atoms with Crippen molar-refractivity contribution in [3.8, 4) is 0 Å². The SMILES string of the molecule is CC1CCN(c2nc3c(c(N4CCCCC4)n2)CN(C(=O)c2c(F)cccc2F)CC3)CC1. The van der Waals surface area contributed by atoms with E-state index in [1.807, 2.05) is 0 Å². The van der Waals surface area contributed by atoms with Gasteiger partial charge in [0.1, 0.15) is 23.0 Å². The van der Waals surface area contributed by atoms with Crippen molar-refractivity contribution in [1.29, 1.82) is 0 Å². The number of anilines is 2. The van der Waals surface area contributed by atoms with Crippen molar-refractivity contribution in [2.24, 2.45) is 5.92 Å². The first kappa shape index (κ1) is 22.0. The Morgan fingerprint density at radius 2 is 1.64 bits per heavy atom. The van der Waals surface area contributed by atoms with Crippen LogP contribution in [0.15, 0.2) is 18.2 Å². The van der Waals surface area contributed by atoms with Gasteiger partial charge >= 0.3 is 0 Å². The average Bonchev–Trinajstić information content (AvgIpc) is 2.84. The van der Waals surface area contributed by atoms with Gasteiger partial charge in [-0.05, 0) is 50.2 Å². The number of nitrogens with zero attached hydrogens (tertiary/aromatic N) is 5. The Labute approximate surface area is 193 Å². The van der Waals surface area contributed by atoms with Crippen molar-refractivity contribution in [2.45, 2.75) is 52.0 Å². The third-order valence-electron chi connectivity index (χ3n) is 7.21. The van der Waals surface area contributed by atoms with E-state index in [1.165, 1.54) is 17.4 Å². The molecule has 0 atom stereocenters. The van der Waals surface area contributed by atoms with E-state index in [-0.39, 0.29) is 6.54 Å². The van der Waals surface area contributed by atoms with Gasteiger partial charge in [-0.15, -0.1) is 0 Å². The quantitative estimate of drug-likeness (QED) is 0.695. The molecule has 8 heteroatoms. The van der Waals surface area contributed by atoms with Gasteiger partial charge in [0.15, 0.2) is 0 Å². The summed E-state index contributed by atoms with van der Waals surface area (Å²) in [5.74, 6) is 0.121. The summed E-state index contributed by atoms with van der Waals surface area (Å²) < 4.78 is 28.6. The molecule has 0 radical (unpaired) electrons. The molecule has 1 amide bonds. The van der Waals surface area contributed by atoms with Gasteiger partial charge in [-0.2, -0.15) is 4.98 Å². The summed E-state index contributed by atoms with van der Waals surface area (Å²) in [5.41, 5.74) is 1.39. The maximum Gasteiger partial charge on any atom is 0.260 e. The van der Waals surface area contributed by atoms with E-state index in [0.717, 1.165) is 92.9 Å². The third kappa shape index (κ3) is 4.39. The second kappa shape index (κ2) is 9.23. The first-order valence-corrected chi connectivity index (χ1v) is 12.1. The summed E-state index contributed by atoms with van der Waals surface area (Å²) in [6, 6.07) is 3.53. The van der Waals surface area contributed by atoms with E-state index in [4.69, 9.17) is 9.97 Å². The van der Waals surface area contributed by atoms with Gasteiger partial charge in [-0.3, -0.25) is 4.79 Å². The van der Waals surface area contributed by atoms with Crippen LogP contribution in [-0.2, 0) is 13.0 Å². The Kier molecular flexibility index (Phi) is 6.17. The van der Waals surface area contributed by atoms with Crippen LogP contribution in [0.2, 0.25) is 0 Å². The number of rotatable bonds is 3. The summed E-state index contributed by atoms with van der Waals surface area (Å²) >= 11 is 0. The molecule has 6 nitrogen and oxygen atoms in total. The van der Waals surface area contributed by atoms with Crippen molar-refractivity contribution < 1.29 is 13.6 Å². The van der Waals surface area contributed by atoms with E-state index >= 15 is 0 Å². The van der Waals surface area contributed by atoms with Gasteiger partial charge in [0, 0.05) is 44.7 Å². The van der Waals surface area contributed by atoms with Crippen LogP contribution < -0.4 is 9.80 Å². The van der Waals surface area contributed by atoms with Crippen LogP contribution in [0, 0.1) is 17.6 Å². The number of carbonyl (C=O) groups is 1. The molecule has 1 aromatic carbocycles. The molecule has 0 saturated carbocycles. The van der Waals surface area contributed by atoms with Crippen molar-refractivity contribution in [1.82, 2.24) is 14.9 Å². The van der Waals surface area contributed by atoms with Crippen molar-refractivity contribution >= 4 is 17.7 Å². The van der Waals surface area contributed by atoms with Crippen molar-refractivity contribution in [3.05, 3.63) is 46.7 Å². The standard InChI is InChI=1S/C25H31F2N5O/c1-17-8-13-31(14-9-17)25-28-21-10-15-32(24(33)22-19(26)6-5-7-20(22)27)16-18(21)23(29-25)30-11-3-2-4-12-30/h5-7,17H,2-4,8-16H2,1H3. The number of piperidine rings is 2. The lowest BCUT2D eigenvalue weighted by atomic mass is 9.99. The normalized spacial score (nSPS) is 19.5. The fourth-order valence-corrected chi connectivity index (χ4v) is 5.13. The zero-order chi connectivity index (χ0) is 22.9. The molecule has 2 fully saturated rings. The predicted octanol–water partition coefficient (Wildman–Crippen LogP) is 4.18. The van der Waals surface area contributed by atoms with E-state index in [0.29, 0.717) is 13.0 Å². The molecule has 3 aliphatic rings. The van der Waals surface area contributed by atoms with Gasteiger partial charge in [0.2, 0.25) is 5.95 Å². The number of fused-ring (bicyclic) bond motifs is 1. The number of benzene rings is 1. The summed E-state index contributed by atoms with van der Waals surface area (Å²) in [6.07, 6.45) is 6.25. The lowest BCUT2D eigenvalue weighted by Gasteiger charge is -2.36. The molecule has 0 bridgehead atoms. The highest BCUT2D eigenvalue weighted by molar-refractivity contribution is 5.95. The number of aromatic nitrogens is 2. The summed E-state index contributed by atoms with van der Waals surface area (Å²) in [7, 11) is 0. The van der Waals surface area contributed by atoms with E-state index in [1.54, 1.807) is 0 Å². The van der Waals surface area contributed by atoms with Gasteiger partial charge < -0.3 is 14.7 Å². The van der Waals surface area contributed by atoms with Crippen LogP contribution in [0.3, 0.4) is 0 Å². The number of hydrogen-bond acceptors (Lipinski definition) is 5. The minimum absolute atomic E-state index is 0.269. The summed E-state index contributed by atoms with van der Waals surface area (Å²) in [6.45, 7) is 6.70. The van der Waals surface area contributed by atoms with Crippen LogP contribution in [0.1, 0.15) is 60.6 Å². The lowest BCUT2D eigenvalue weighted by Crippen LogP contribution is -2.41. The molecule has 0 aliphatic carbocycles. The zero-order valence-electron chi connectivity index (χ0n) is 19.2. The smallest absolute Gasteiger partial charge is 0.260 e. The molecule has 176 valence electrons. The number of amides is 1. The van der Waals surface area contributed by atoms with Gasteiger partial charge in [0.05, 0.1) is 12.2 Å². The predicted molar refractivity (Wildman–Crippen MR) is 124 cm³/mol. The highest BCUT2D eigenvalue weighted by Gasteiger charge is 2.32. The molecule has 2 saturated heterocycles. The molecule has 0 unspecified atom stereocenters. The maximum absolute atomic E-state index is 14.3. The molecule has 0 N–H and O–H groups in total. The zero-order valence-corrected chi connectivity index (χ0v) is 19.2. The molecule has 5 rings (SSSR count). The molecule has 0 spiro atoms. The second-order valence-corrected chi connectivity index (χ2v) is 9.56. The van der Waals surface area contributed by atoms with Crippen molar-refractivity contribution in [2.75, 3.05) is 42.5 Å².